The Hall–Kier alpha value is -2.86. The largest absolute Gasteiger partial charge is 0.497 e. The molecule has 0 aliphatic heterocycles. The third-order valence-electron chi connectivity index (χ3n) is 4.01. The van der Waals surface area contributed by atoms with Gasteiger partial charge in [0.15, 0.2) is 5.13 Å². The molecule has 3 rings (SSSR count). The predicted molar refractivity (Wildman–Crippen MR) is 106 cm³/mol. The van der Waals surface area contributed by atoms with Gasteiger partial charge in [-0.2, -0.15) is 0 Å². The zero-order valence-corrected chi connectivity index (χ0v) is 15.8. The highest BCUT2D eigenvalue weighted by Gasteiger charge is 2.10. The van der Waals surface area contributed by atoms with E-state index in [-0.39, 0.29) is 6.03 Å². The lowest BCUT2D eigenvalue weighted by atomic mass is 10.0. The van der Waals surface area contributed by atoms with E-state index >= 15 is 0 Å². The van der Waals surface area contributed by atoms with Gasteiger partial charge in [-0.25, -0.2) is 9.78 Å². The second-order valence-electron chi connectivity index (χ2n) is 6.01. The van der Waals surface area contributed by atoms with Gasteiger partial charge in [-0.15, -0.1) is 11.3 Å². The lowest BCUT2D eigenvalue weighted by molar-refractivity contribution is 0.251. The lowest BCUT2D eigenvalue weighted by Gasteiger charge is -2.07. The number of anilines is 1. The molecule has 0 radical (unpaired) electrons. The van der Waals surface area contributed by atoms with Crippen LogP contribution >= 0.6 is 11.3 Å². The molecular weight excluding hydrogens is 346 g/mol. The quantitative estimate of drug-likeness (QED) is 0.683. The summed E-state index contributed by atoms with van der Waals surface area (Å²) < 4.78 is 5.12. The monoisotopic (exact) mass is 367 g/mol. The zero-order valence-electron chi connectivity index (χ0n) is 15.0. The van der Waals surface area contributed by atoms with E-state index in [4.69, 9.17) is 4.74 Å². The number of methoxy groups -OCH3 is 1. The summed E-state index contributed by atoms with van der Waals surface area (Å²) in [5.74, 6) is 0.792. The van der Waals surface area contributed by atoms with E-state index in [9.17, 15) is 4.79 Å². The average Bonchev–Trinajstić information content (AvgIpc) is 3.10. The Morgan fingerprint density at radius 2 is 1.92 bits per heavy atom. The summed E-state index contributed by atoms with van der Waals surface area (Å²) in [7, 11) is 1.63. The normalized spacial score (nSPS) is 10.4. The number of nitrogens with zero attached hydrogens (tertiary/aromatic N) is 1. The van der Waals surface area contributed by atoms with Crippen LogP contribution in [0.25, 0.3) is 11.3 Å². The predicted octanol–water partition coefficient (Wildman–Crippen LogP) is 4.76. The molecule has 0 fully saturated rings. The van der Waals surface area contributed by atoms with E-state index in [2.05, 4.69) is 47.7 Å². The van der Waals surface area contributed by atoms with Crippen molar-refractivity contribution in [3.05, 3.63) is 64.5 Å². The minimum atomic E-state index is -0.275. The molecular formula is C20H21N3O2S. The molecule has 0 saturated heterocycles. The SMILES string of the molecule is COc1ccc(CNC(=O)Nc2nc(-c3cc(C)ccc3C)cs2)cc1. The number of urea groups is 1. The van der Waals surface area contributed by atoms with Crippen molar-refractivity contribution < 1.29 is 9.53 Å². The van der Waals surface area contributed by atoms with E-state index in [0.29, 0.717) is 11.7 Å². The summed E-state index contributed by atoms with van der Waals surface area (Å²) in [6, 6.07) is 13.6. The molecule has 5 nitrogen and oxygen atoms in total. The van der Waals surface area contributed by atoms with Gasteiger partial charge >= 0.3 is 6.03 Å². The Kier molecular flexibility index (Phi) is 5.53. The molecule has 6 heteroatoms. The van der Waals surface area contributed by atoms with Crippen LogP contribution in [0.4, 0.5) is 9.93 Å². The van der Waals surface area contributed by atoms with E-state index in [0.717, 1.165) is 28.1 Å². The van der Waals surface area contributed by atoms with Gasteiger partial charge in [-0.3, -0.25) is 5.32 Å². The standard InChI is InChI=1S/C20H21N3O2S/c1-13-4-5-14(2)17(10-13)18-12-26-20(22-18)23-19(24)21-11-15-6-8-16(25-3)9-7-15/h4-10,12H,11H2,1-3H3,(H2,21,22,23,24). The summed E-state index contributed by atoms with van der Waals surface area (Å²) in [4.78, 5) is 16.6. The fourth-order valence-corrected chi connectivity index (χ4v) is 3.24. The van der Waals surface area contributed by atoms with Crippen LogP contribution in [0, 0.1) is 13.8 Å². The first-order valence-corrected chi connectivity index (χ1v) is 9.14. The second kappa shape index (κ2) is 8.01. The number of carbonyl (C=O) groups is 1. The van der Waals surface area contributed by atoms with Crippen molar-refractivity contribution >= 4 is 22.5 Å². The molecule has 0 atom stereocenters. The molecule has 2 amide bonds. The van der Waals surface area contributed by atoms with Gasteiger partial charge in [0, 0.05) is 17.5 Å². The number of aromatic nitrogens is 1. The van der Waals surface area contributed by atoms with Crippen molar-refractivity contribution in [3.63, 3.8) is 0 Å². The van der Waals surface area contributed by atoms with Gasteiger partial charge in [0.05, 0.1) is 12.8 Å². The minimum Gasteiger partial charge on any atom is -0.497 e. The van der Waals surface area contributed by atoms with Gasteiger partial charge in [0.25, 0.3) is 0 Å². The first kappa shape index (κ1) is 17.9. The fraction of sp³-hybridized carbons (Fsp3) is 0.200. The van der Waals surface area contributed by atoms with Crippen molar-refractivity contribution in [1.82, 2.24) is 10.3 Å². The van der Waals surface area contributed by atoms with Gasteiger partial charge < -0.3 is 10.1 Å². The van der Waals surface area contributed by atoms with Crippen molar-refractivity contribution in [2.75, 3.05) is 12.4 Å². The first-order chi connectivity index (χ1) is 12.5. The summed E-state index contributed by atoms with van der Waals surface area (Å²) in [6.07, 6.45) is 0. The molecule has 0 spiro atoms. The van der Waals surface area contributed by atoms with E-state index < -0.39 is 0 Å². The van der Waals surface area contributed by atoms with Gasteiger partial charge in [-0.1, -0.05) is 29.8 Å². The highest BCUT2D eigenvalue weighted by Crippen LogP contribution is 2.28. The van der Waals surface area contributed by atoms with Crippen LogP contribution in [0.2, 0.25) is 0 Å². The van der Waals surface area contributed by atoms with Gasteiger partial charge in [0.2, 0.25) is 0 Å². The maximum Gasteiger partial charge on any atom is 0.321 e. The molecule has 2 aromatic carbocycles. The summed E-state index contributed by atoms with van der Waals surface area (Å²) in [6.45, 7) is 4.55. The Morgan fingerprint density at radius 3 is 2.65 bits per heavy atom. The maximum absolute atomic E-state index is 12.1. The zero-order chi connectivity index (χ0) is 18.5. The molecule has 134 valence electrons. The number of amides is 2. The van der Waals surface area contributed by atoms with Crippen molar-refractivity contribution in [2.24, 2.45) is 0 Å². The van der Waals surface area contributed by atoms with Gasteiger partial charge in [-0.05, 0) is 43.2 Å². The highest BCUT2D eigenvalue weighted by molar-refractivity contribution is 7.14. The number of nitrogens with one attached hydrogen (secondary N) is 2. The summed E-state index contributed by atoms with van der Waals surface area (Å²) in [5.41, 5.74) is 5.31. The Bertz CT molecular complexity index is 904. The fourth-order valence-electron chi connectivity index (χ4n) is 2.53. The topological polar surface area (TPSA) is 63.2 Å². The number of aryl methyl sites for hydroxylation is 2. The molecule has 1 aromatic heterocycles. The van der Waals surface area contributed by atoms with E-state index in [1.165, 1.54) is 16.9 Å². The van der Waals surface area contributed by atoms with Crippen LogP contribution < -0.4 is 15.4 Å². The van der Waals surface area contributed by atoms with E-state index in [1.54, 1.807) is 7.11 Å². The molecule has 0 saturated carbocycles. The molecule has 3 aromatic rings. The van der Waals surface area contributed by atoms with Crippen LogP contribution in [-0.4, -0.2) is 18.1 Å². The number of rotatable bonds is 5. The third kappa shape index (κ3) is 4.40. The number of hydrogen-bond acceptors (Lipinski definition) is 4. The Labute approximate surface area is 157 Å². The second-order valence-corrected chi connectivity index (χ2v) is 6.87. The summed E-state index contributed by atoms with van der Waals surface area (Å²) in [5, 5.41) is 8.16. The number of benzene rings is 2. The molecule has 0 unspecified atom stereocenters. The molecule has 1 heterocycles. The number of thiazole rings is 1. The lowest BCUT2D eigenvalue weighted by Crippen LogP contribution is -2.28. The Balaban J connectivity index is 1.59. The van der Waals surface area contributed by atoms with Crippen LogP contribution in [0.1, 0.15) is 16.7 Å². The van der Waals surface area contributed by atoms with Crippen LogP contribution in [0.15, 0.2) is 47.8 Å². The number of ether oxygens (including phenoxy) is 1. The molecule has 26 heavy (non-hydrogen) atoms. The first-order valence-electron chi connectivity index (χ1n) is 8.26. The molecule has 0 bridgehead atoms. The Morgan fingerprint density at radius 1 is 1.15 bits per heavy atom. The minimum absolute atomic E-state index is 0.275. The molecule has 0 aliphatic carbocycles. The molecule has 0 aliphatic rings. The van der Waals surface area contributed by atoms with Crippen LogP contribution in [0.5, 0.6) is 5.75 Å². The smallest absolute Gasteiger partial charge is 0.321 e. The number of carbonyl (C=O) groups excluding carboxylic acids is 1. The molecule has 2 N–H and O–H groups in total. The number of hydrogen-bond donors (Lipinski definition) is 2. The van der Waals surface area contributed by atoms with Gasteiger partial charge in [0.1, 0.15) is 5.75 Å². The van der Waals surface area contributed by atoms with E-state index in [1.807, 2.05) is 29.6 Å². The highest BCUT2D eigenvalue weighted by atomic mass is 32.1. The summed E-state index contributed by atoms with van der Waals surface area (Å²) >= 11 is 1.41. The van der Waals surface area contributed by atoms with Crippen LogP contribution in [-0.2, 0) is 6.54 Å². The third-order valence-corrected chi connectivity index (χ3v) is 4.76. The van der Waals surface area contributed by atoms with Crippen molar-refractivity contribution in [2.45, 2.75) is 20.4 Å². The van der Waals surface area contributed by atoms with Crippen LogP contribution in [0.3, 0.4) is 0 Å². The maximum atomic E-state index is 12.1. The van der Waals surface area contributed by atoms with Crippen molar-refractivity contribution in [3.8, 4) is 17.0 Å². The average molecular weight is 367 g/mol. The van der Waals surface area contributed by atoms with Crippen molar-refractivity contribution in [1.29, 1.82) is 0 Å².